The molecule has 150 valence electrons. The van der Waals surface area contributed by atoms with E-state index in [0.29, 0.717) is 5.39 Å². The third-order valence-corrected chi connectivity index (χ3v) is 3.91. The van der Waals surface area contributed by atoms with Crippen LogP contribution in [-0.2, 0) is 15.7 Å². The van der Waals surface area contributed by atoms with E-state index >= 15 is 0 Å². The lowest BCUT2D eigenvalue weighted by Crippen LogP contribution is -2.21. The molecule has 29 heavy (non-hydrogen) atoms. The molecule has 3 aromatic rings. The van der Waals surface area contributed by atoms with Crippen molar-refractivity contribution in [1.29, 1.82) is 0 Å². The number of carbonyl (C=O) groups is 2. The van der Waals surface area contributed by atoms with Crippen molar-refractivity contribution < 1.29 is 31.9 Å². The lowest BCUT2D eigenvalue weighted by atomic mass is 10.1. The number of esters is 1. The van der Waals surface area contributed by atoms with Gasteiger partial charge in [-0.05, 0) is 43.3 Å². The maximum absolute atomic E-state index is 12.5. The molecule has 0 unspecified atom stereocenters. The zero-order valence-electron chi connectivity index (χ0n) is 15.0. The molecular formula is C20H14F3NO5. The van der Waals surface area contributed by atoms with Gasteiger partial charge in [0.1, 0.15) is 5.58 Å². The van der Waals surface area contributed by atoms with E-state index in [9.17, 15) is 27.6 Å². The fourth-order valence-corrected chi connectivity index (χ4v) is 2.51. The van der Waals surface area contributed by atoms with Crippen molar-refractivity contribution in [2.45, 2.75) is 13.1 Å². The van der Waals surface area contributed by atoms with Crippen LogP contribution in [0.4, 0.5) is 18.9 Å². The summed E-state index contributed by atoms with van der Waals surface area (Å²) in [6.07, 6.45) is -4.49. The molecule has 0 radical (unpaired) electrons. The van der Waals surface area contributed by atoms with E-state index < -0.39 is 35.7 Å². The molecule has 0 aliphatic carbocycles. The van der Waals surface area contributed by atoms with Crippen molar-refractivity contribution in [2.24, 2.45) is 0 Å². The molecule has 0 saturated carbocycles. The SMILES string of the molecule is Cc1ccc2oc(C(=O)OCC(=O)Nc3ccc(C(F)(F)F)cc3)cc(=O)c2c1. The maximum Gasteiger partial charge on any atom is 0.416 e. The van der Waals surface area contributed by atoms with E-state index in [-0.39, 0.29) is 17.0 Å². The highest BCUT2D eigenvalue weighted by Gasteiger charge is 2.30. The lowest BCUT2D eigenvalue weighted by molar-refractivity contribution is -0.137. The van der Waals surface area contributed by atoms with Gasteiger partial charge in [0.25, 0.3) is 5.91 Å². The van der Waals surface area contributed by atoms with Gasteiger partial charge < -0.3 is 14.5 Å². The van der Waals surface area contributed by atoms with Crippen LogP contribution in [0, 0.1) is 6.92 Å². The third-order valence-electron chi connectivity index (χ3n) is 3.91. The van der Waals surface area contributed by atoms with Crippen molar-refractivity contribution in [3.63, 3.8) is 0 Å². The highest BCUT2D eigenvalue weighted by Crippen LogP contribution is 2.29. The van der Waals surface area contributed by atoms with Gasteiger partial charge in [0.15, 0.2) is 12.0 Å². The largest absolute Gasteiger partial charge is 0.450 e. The van der Waals surface area contributed by atoms with Crippen LogP contribution in [0.3, 0.4) is 0 Å². The van der Waals surface area contributed by atoms with Crippen LogP contribution in [0.2, 0.25) is 0 Å². The van der Waals surface area contributed by atoms with Crippen LogP contribution >= 0.6 is 0 Å². The number of halogens is 3. The van der Waals surface area contributed by atoms with Gasteiger partial charge in [-0.25, -0.2) is 4.79 Å². The molecule has 0 atom stereocenters. The normalized spacial score (nSPS) is 11.3. The second-order valence-electron chi connectivity index (χ2n) is 6.17. The van der Waals surface area contributed by atoms with Crippen LogP contribution in [0.1, 0.15) is 21.7 Å². The summed E-state index contributed by atoms with van der Waals surface area (Å²) in [6, 6.07) is 9.61. The maximum atomic E-state index is 12.5. The molecule has 0 aliphatic rings. The van der Waals surface area contributed by atoms with Gasteiger partial charge in [0.05, 0.1) is 10.9 Å². The van der Waals surface area contributed by atoms with Gasteiger partial charge in [-0.1, -0.05) is 11.6 Å². The summed E-state index contributed by atoms with van der Waals surface area (Å²) >= 11 is 0. The zero-order valence-corrected chi connectivity index (χ0v) is 15.0. The van der Waals surface area contributed by atoms with Gasteiger partial charge in [0.2, 0.25) is 5.76 Å². The van der Waals surface area contributed by atoms with E-state index in [1.165, 1.54) is 0 Å². The Kier molecular flexibility index (Phi) is 5.40. The number of aryl methyl sites for hydroxylation is 1. The average Bonchev–Trinajstić information content (AvgIpc) is 2.66. The first-order chi connectivity index (χ1) is 13.6. The second kappa shape index (κ2) is 7.78. The van der Waals surface area contributed by atoms with Gasteiger partial charge in [0, 0.05) is 11.8 Å². The van der Waals surface area contributed by atoms with Gasteiger partial charge in [-0.3, -0.25) is 9.59 Å². The summed E-state index contributed by atoms with van der Waals surface area (Å²) in [5, 5.41) is 2.61. The summed E-state index contributed by atoms with van der Waals surface area (Å²) in [5.41, 5.74) is -0.143. The first-order valence-electron chi connectivity index (χ1n) is 8.32. The number of benzene rings is 2. The number of amides is 1. The van der Waals surface area contributed by atoms with E-state index in [2.05, 4.69) is 5.32 Å². The molecule has 0 saturated heterocycles. The standard InChI is InChI=1S/C20H14F3NO5/c1-11-2-7-16-14(8-11)15(25)9-17(29-16)19(27)28-10-18(26)24-13-5-3-12(4-6-13)20(21,22)23/h2-9H,10H2,1H3,(H,24,26). The minimum atomic E-state index is -4.49. The van der Waals surface area contributed by atoms with Gasteiger partial charge >= 0.3 is 12.1 Å². The molecule has 0 fully saturated rings. The van der Waals surface area contributed by atoms with E-state index in [1.54, 1.807) is 25.1 Å². The van der Waals surface area contributed by atoms with Crippen LogP contribution in [0.15, 0.2) is 57.7 Å². The Morgan fingerprint density at radius 2 is 1.76 bits per heavy atom. The molecule has 0 bridgehead atoms. The highest BCUT2D eigenvalue weighted by molar-refractivity contribution is 5.95. The number of rotatable bonds is 4. The fourth-order valence-electron chi connectivity index (χ4n) is 2.51. The molecule has 6 nitrogen and oxygen atoms in total. The van der Waals surface area contributed by atoms with Crippen molar-refractivity contribution >= 4 is 28.5 Å². The first-order valence-corrected chi connectivity index (χ1v) is 8.32. The Balaban J connectivity index is 1.63. The average molecular weight is 405 g/mol. The van der Waals surface area contributed by atoms with E-state index in [1.807, 2.05) is 0 Å². The van der Waals surface area contributed by atoms with Crippen LogP contribution < -0.4 is 10.7 Å². The number of ether oxygens (including phenoxy) is 1. The number of alkyl halides is 3. The molecule has 1 amide bonds. The number of nitrogens with one attached hydrogen (secondary N) is 1. The number of carbonyl (C=O) groups excluding carboxylic acids is 2. The highest BCUT2D eigenvalue weighted by atomic mass is 19.4. The van der Waals surface area contributed by atoms with Crippen molar-refractivity contribution in [3.8, 4) is 0 Å². The van der Waals surface area contributed by atoms with E-state index in [4.69, 9.17) is 9.15 Å². The molecule has 1 aromatic heterocycles. The quantitative estimate of drug-likeness (QED) is 0.665. The third kappa shape index (κ3) is 4.81. The van der Waals surface area contributed by atoms with Crippen LogP contribution in [0.5, 0.6) is 0 Å². The number of hydrogen-bond donors (Lipinski definition) is 1. The Morgan fingerprint density at radius 3 is 2.41 bits per heavy atom. The van der Waals surface area contributed by atoms with Crippen molar-refractivity contribution in [3.05, 3.63) is 75.6 Å². The topological polar surface area (TPSA) is 85.6 Å². The predicted molar refractivity (Wildman–Crippen MR) is 97.6 cm³/mol. The van der Waals surface area contributed by atoms with Crippen LogP contribution in [0.25, 0.3) is 11.0 Å². The number of anilines is 1. The first kappa shape index (κ1) is 20.1. The monoisotopic (exact) mass is 405 g/mol. The molecule has 0 spiro atoms. The number of fused-ring (bicyclic) bond motifs is 1. The predicted octanol–water partition coefficient (Wildman–Crippen LogP) is 3.92. The molecular weight excluding hydrogens is 391 g/mol. The van der Waals surface area contributed by atoms with Gasteiger partial charge in [-0.2, -0.15) is 13.2 Å². The second-order valence-corrected chi connectivity index (χ2v) is 6.17. The number of hydrogen-bond acceptors (Lipinski definition) is 5. The molecule has 0 aliphatic heterocycles. The summed E-state index contributed by atoms with van der Waals surface area (Å²) in [4.78, 5) is 36.0. The summed E-state index contributed by atoms with van der Waals surface area (Å²) in [5.74, 6) is -2.15. The summed E-state index contributed by atoms with van der Waals surface area (Å²) in [7, 11) is 0. The Hall–Kier alpha value is -3.62. The van der Waals surface area contributed by atoms with Gasteiger partial charge in [-0.15, -0.1) is 0 Å². The zero-order chi connectivity index (χ0) is 21.2. The molecule has 1 N–H and O–H groups in total. The minimum absolute atomic E-state index is 0.103. The fraction of sp³-hybridized carbons (Fsp3) is 0.150. The Morgan fingerprint density at radius 1 is 1.07 bits per heavy atom. The molecule has 2 aromatic carbocycles. The molecule has 3 rings (SSSR count). The summed E-state index contributed by atoms with van der Waals surface area (Å²) in [6.45, 7) is 1.09. The molecule has 1 heterocycles. The molecule has 9 heteroatoms. The lowest BCUT2D eigenvalue weighted by Gasteiger charge is -2.09. The Labute approximate surface area is 161 Å². The summed E-state index contributed by atoms with van der Waals surface area (Å²) < 4.78 is 47.7. The minimum Gasteiger partial charge on any atom is -0.450 e. The van der Waals surface area contributed by atoms with Crippen molar-refractivity contribution in [2.75, 3.05) is 11.9 Å². The smallest absolute Gasteiger partial charge is 0.416 e. The van der Waals surface area contributed by atoms with Crippen molar-refractivity contribution in [1.82, 2.24) is 0 Å². The van der Waals surface area contributed by atoms with E-state index in [0.717, 1.165) is 35.9 Å². The van der Waals surface area contributed by atoms with Crippen LogP contribution in [-0.4, -0.2) is 18.5 Å². The Bertz CT molecular complexity index is 1130.